The molecule has 2 aromatic rings. The highest BCUT2D eigenvalue weighted by molar-refractivity contribution is 9.10. The molecule has 0 aliphatic carbocycles. The Morgan fingerprint density at radius 1 is 1.17 bits per heavy atom. The molecule has 0 saturated carbocycles. The number of hydrogen-bond donors (Lipinski definition) is 1. The zero-order valence-corrected chi connectivity index (χ0v) is 7.82. The van der Waals surface area contributed by atoms with Crippen LogP contribution in [0.3, 0.4) is 0 Å². The molecule has 1 aromatic carbocycles. The topological polar surface area (TPSA) is 24.1 Å². The van der Waals surface area contributed by atoms with E-state index in [4.69, 9.17) is 0 Å². The molecule has 0 bridgehead atoms. The molecule has 0 aliphatic heterocycles. The lowest BCUT2D eigenvalue weighted by Gasteiger charge is -1.93. The first-order valence-corrected chi connectivity index (χ1v) is 4.36. The molecule has 0 unspecified atom stereocenters. The second kappa shape index (κ2) is 2.75. The van der Waals surface area contributed by atoms with Gasteiger partial charge in [0.1, 0.15) is 0 Å². The van der Waals surface area contributed by atoms with Gasteiger partial charge in [-0.25, -0.2) is 0 Å². The minimum absolute atomic E-state index is 0.654. The fourth-order valence-electron chi connectivity index (χ4n) is 1.15. The number of aromatic nitrogens is 1. The smallest absolute Gasteiger partial charge is 0.284 e. The molecule has 0 spiro atoms. The second-order valence-corrected chi connectivity index (χ2v) is 3.38. The third-order valence-electron chi connectivity index (χ3n) is 1.75. The van der Waals surface area contributed by atoms with E-state index in [0.717, 1.165) is 15.5 Å². The number of hydrogen-bond acceptors (Lipinski definition) is 1. The van der Waals surface area contributed by atoms with Crippen LogP contribution in [0.5, 0.6) is 0 Å². The van der Waals surface area contributed by atoms with Crippen LogP contribution >= 0.6 is 15.9 Å². The van der Waals surface area contributed by atoms with Gasteiger partial charge in [0.15, 0.2) is 0 Å². The maximum Gasteiger partial charge on any atom is 0.299 e. The van der Waals surface area contributed by atoms with Gasteiger partial charge in [-0.1, -0.05) is 18.2 Å². The summed E-state index contributed by atoms with van der Waals surface area (Å²) in [5, 5.41) is 11.4. The molecular weight excluding hydrogens is 218 g/mol. The third-order valence-corrected chi connectivity index (χ3v) is 2.34. The number of nitrogens with zero attached hydrogens (tertiary/aromatic N) is 1. The van der Waals surface area contributed by atoms with Gasteiger partial charge in [-0.15, -0.1) is 0 Å². The van der Waals surface area contributed by atoms with Crippen molar-refractivity contribution in [2.75, 3.05) is 0 Å². The minimum Gasteiger partial charge on any atom is -0.284 e. The first kappa shape index (κ1) is 7.55. The van der Waals surface area contributed by atoms with Crippen LogP contribution < -0.4 is 4.73 Å². The highest BCUT2D eigenvalue weighted by Gasteiger charge is 2.06. The molecule has 3 heteroatoms. The molecule has 0 atom stereocenters. The molecule has 2 nitrogen and oxygen atoms in total. The van der Waals surface area contributed by atoms with Crippen molar-refractivity contribution in [1.82, 2.24) is 0 Å². The Bertz CT molecular complexity index is 387. The summed E-state index contributed by atoms with van der Waals surface area (Å²) in [5.41, 5.74) is 0. The SMILES string of the molecule is O[n+]1cc2ccccc2cc1Br. The van der Waals surface area contributed by atoms with Gasteiger partial charge in [0, 0.05) is 26.7 Å². The highest BCUT2D eigenvalue weighted by atomic mass is 79.9. The van der Waals surface area contributed by atoms with E-state index in [9.17, 15) is 5.21 Å². The van der Waals surface area contributed by atoms with E-state index in [0.29, 0.717) is 4.60 Å². The van der Waals surface area contributed by atoms with Gasteiger partial charge in [-0.3, -0.25) is 5.21 Å². The lowest BCUT2D eigenvalue weighted by Crippen LogP contribution is -2.30. The molecule has 1 aromatic heterocycles. The maximum atomic E-state index is 9.29. The third kappa shape index (κ3) is 1.16. The standard InChI is InChI=1S/C9H7BrNO/c10-9-5-7-3-1-2-4-8(7)6-11(9)12/h1-6,12H/q+1. The fourth-order valence-corrected chi connectivity index (χ4v) is 1.50. The highest BCUT2D eigenvalue weighted by Crippen LogP contribution is 2.14. The average molecular weight is 225 g/mol. The van der Waals surface area contributed by atoms with Crippen molar-refractivity contribution in [3.05, 3.63) is 41.1 Å². The average Bonchev–Trinajstić information content (AvgIpc) is 2.07. The van der Waals surface area contributed by atoms with Crippen molar-refractivity contribution in [1.29, 1.82) is 0 Å². The summed E-state index contributed by atoms with van der Waals surface area (Å²) in [7, 11) is 0. The largest absolute Gasteiger partial charge is 0.299 e. The summed E-state index contributed by atoms with van der Waals surface area (Å²) in [6.45, 7) is 0. The molecule has 12 heavy (non-hydrogen) atoms. The Labute approximate surface area is 78.2 Å². The number of rotatable bonds is 0. The van der Waals surface area contributed by atoms with E-state index in [1.165, 1.54) is 0 Å². The Hall–Kier alpha value is -1.09. The van der Waals surface area contributed by atoms with E-state index in [1.807, 2.05) is 30.3 Å². The summed E-state index contributed by atoms with van der Waals surface area (Å²) in [6, 6.07) is 9.73. The van der Waals surface area contributed by atoms with E-state index < -0.39 is 0 Å². The van der Waals surface area contributed by atoms with Crippen LogP contribution in [0, 0.1) is 0 Å². The lowest BCUT2D eigenvalue weighted by molar-refractivity contribution is -0.912. The van der Waals surface area contributed by atoms with Gasteiger partial charge in [0.25, 0.3) is 4.60 Å². The van der Waals surface area contributed by atoms with Crippen molar-refractivity contribution in [3.8, 4) is 0 Å². The molecule has 1 heterocycles. The van der Waals surface area contributed by atoms with Crippen LogP contribution in [0.25, 0.3) is 10.8 Å². The molecule has 0 aliphatic rings. The molecule has 2 rings (SSSR count). The summed E-state index contributed by atoms with van der Waals surface area (Å²) >= 11 is 3.23. The molecule has 0 saturated heterocycles. The summed E-state index contributed by atoms with van der Waals surface area (Å²) < 4.78 is 1.71. The molecule has 0 fully saturated rings. The van der Waals surface area contributed by atoms with Gasteiger partial charge in [-0.05, 0) is 11.5 Å². The molecule has 60 valence electrons. The zero-order valence-electron chi connectivity index (χ0n) is 6.24. The van der Waals surface area contributed by atoms with E-state index in [1.54, 1.807) is 6.20 Å². The summed E-state index contributed by atoms with van der Waals surface area (Å²) in [4.78, 5) is 0. The van der Waals surface area contributed by atoms with Gasteiger partial charge >= 0.3 is 0 Å². The van der Waals surface area contributed by atoms with Gasteiger partial charge in [0.05, 0.1) is 5.39 Å². The monoisotopic (exact) mass is 224 g/mol. The first-order valence-electron chi connectivity index (χ1n) is 3.56. The summed E-state index contributed by atoms with van der Waals surface area (Å²) in [6.07, 6.45) is 1.67. The van der Waals surface area contributed by atoms with Crippen LogP contribution in [-0.4, -0.2) is 5.21 Å². The van der Waals surface area contributed by atoms with Crippen LogP contribution in [0.15, 0.2) is 41.1 Å². The van der Waals surface area contributed by atoms with Crippen LogP contribution in [0.4, 0.5) is 0 Å². The molecule has 0 radical (unpaired) electrons. The van der Waals surface area contributed by atoms with Crippen molar-refractivity contribution >= 4 is 26.7 Å². The van der Waals surface area contributed by atoms with Crippen molar-refractivity contribution in [2.24, 2.45) is 0 Å². The van der Waals surface area contributed by atoms with Crippen molar-refractivity contribution < 1.29 is 9.94 Å². The molecule has 1 N–H and O–H groups in total. The van der Waals surface area contributed by atoms with Crippen molar-refractivity contribution in [3.63, 3.8) is 0 Å². The maximum absolute atomic E-state index is 9.29. The lowest BCUT2D eigenvalue weighted by atomic mass is 10.2. The number of pyridine rings is 1. The van der Waals surface area contributed by atoms with E-state index in [2.05, 4.69) is 15.9 Å². The van der Waals surface area contributed by atoms with E-state index >= 15 is 0 Å². The quantitative estimate of drug-likeness (QED) is 0.414. The Morgan fingerprint density at radius 2 is 1.83 bits per heavy atom. The molecular formula is C9H7BrNO+. The zero-order chi connectivity index (χ0) is 8.55. The van der Waals surface area contributed by atoms with E-state index in [-0.39, 0.29) is 0 Å². The number of benzene rings is 1. The first-order chi connectivity index (χ1) is 5.77. The minimum atomic E-state index is 0.654. The molecule has 0 amide bonds. The van der Waals surface area contributed by atoms with Gasteiger partial charge in [0.2, 0.25) is 6.20 Å². The Morgan fingerprint density at radius 3 is 2.58 bits per heavy atom. The second-order valence-electron chi connectivity index (χ2n) is 2.57. The fraction of sp³-hybridized carbons (Fsp3) is 0. The van der Waals surface area contributed by atoms with Gasteiger partial charge in [-0.2, -0.15) is 0 Å². The normalized spacial score (nSPS) is 10.4. The van der Waals surface area contributed by atoms with Gasteiger partial charge < -0.3 is 0 Å². The van der Waals surface area contributed by atoms with Crippen molar-refractivity contribution in [2.45, 2.75) is 0 Å². The summed E-state index contributed by atoms with van der Waals surface area (Å²) in [5.74, 6) is 0. The number of fused-ring (bicyclic) bond motifs is 1. The number of halogens is 1. The van der Waals surface area contributed by atoms with Crippen LogP contribution in [0.2, 0.25) is 0 Å². The Balaban J connectivity index is 2.84. The predicted octanol–water partition coefficient (Wildman–Crippen LogP) is 2.13. The van der Waals surface area contributed by atoms with Crippen LogP contribution in [0.1, 0.15) is 0 Å². The Kier molecular flexibility index (Phi) is 1.73. The predicted molar refractivity (Wildman–Crippen MR) is 49.0 cm³/mol. The van der Waals surface area contributed by atoms with Crippen LogP contribution in [-0.2, 0) is 0 Å².